The topological polar surface area (TPSA) is 85.8 Å². The number of fused-ring (bicyclic) bond motifs is 1. The fraction of sp³-hybridized carbons (Fsp3) is 0.333. The molecular weight excluding hydrogens is 318 g/mol. The van der Waals surface area contributed by atoms with Crippen molar-refractivity contribution in [3.63, 3.8) is 0 Å². The summed E-state index contributed by atoms with van der Waals surface area (Å²) in [4.78, 5) is 16.7. The largest absolute Gasteiger partial charge is 0.441 e. The molecule has 0 saturated carbocycles. The molecule has 128 valence electrons. The lowest BCUT2D eigenvalue weighted by Crippen LogP contribution is -2.26. The van der Waals surface area contributed by atoms with Crippen molar-refractivity contribution in [3.05, 3.63) is 53.4 Å². The second kappa shape index (κ2) is 6.51. The van der Waals surface area contributed by atoms with Gasteiger partial charge >= 0.3 is 0 Å². The zero-order valence-corrected chi connectivity index (χ0v) is 14.0. The molecule has 7 nitrogen and oxygen atoms in total. The maximum absolute atomic E-state index is 12.3. The van der Waals surface area contributed by atoms with Crippen LogP contribution in [0, 0.1) is 6.92 Å². The smallest absolute Gasteiger partial charge is 0.226 e. The molecule has 3 heterocycles. The molecule has 7 heteroatoms. The first-order valence-corrected chi connectivity index (χ1v) is 8.40. The van der Waals surface area contributed by atoms with Crippen LogP contribution in [0.3, 0.4) is 0 Å². The van der Waals surface area contributed by atoms with Gasteiger partial charge in [-0.1, -0.05) is 18.2 Å². The quantitative estimate of drug-likeness (QED) is 0.770. The van der Waals surface area contributed by atoms with E-state index in [0.29, 0.717) is 23.9 Å². The Hall–Kier alpha value is -2.96. The van der Waals surface area contributed by atoms with Crippen molar-refractivity contribution >= 4 is 5.91 Å². The van der Waals surface area contributed by atoms with Crippen molar-refractivity contribution in [2.45, 2.75) is 39.3 Å². The van der Waals surface area contributed by atoms with Crippen molar-refractivity contribution < 1.29 is 9.21 Å². The summed E-state index contributed by atoms with van der Waals surface area (Å²) in [6.07, 6.45) is 2.23. The van der Waals surface area contributed by atoms with Gasteiger partial charge in [-0.15, -0.1) is 10.2 Å². The third-order valence-electron chi connectivity index (χ3n) is 4.37. The van der Waals surface area contributed by atoms with Crippen LogP contribution in [0.15, 0.2) is 34.7 Å². The van der Waals surface area contributed by atoms with E-state index in [0.717, 1.165) is 36.6 Å². The number of hydrogen-bond acceptors (Lipinski definition) is 5. The molecular formula is C18H19N5O2. The maximum atomic E-state index is 12.3. The Labute approximate surface area is 145 Å². The molecule has 2 aromatic heterocycles. The molecule has 1 amide bonds. The zero-order valence-electron chi connectivity index (χ0n) is 14.0. The van der Waals surface area contributed by atoms with Crippen LogP contribution in [-0.4, -0.2) is 25.7 Å². The minimum Gasteiger partial charge on any atom is -0.441 e. The van der Waals surface area contributed by atoms with Crippen LogP contribution in [0.5, 0.6) is 0 Å². The number of hydrogen-bond donors (Lipinski definition) is 1. The van der Waals surface area contributed by atoms with Crippen molar-refractivity contribution in [1.82, 2.24) is 25.1 Å². The number of carbonyl (C=O) groups is 1. The van der Waals surface area contributed by atoms with Crippen LogP contribution in [-0.2, 0) is 30.7 Å². The maximum Gasteiger partial charge on any atom is 0.226 e. The number of benzene rings is 1. The third-order valence-corrected chi connectivity index (χ3v) is 4.37. The van der Waals surface area contributed by atoms with Crippen LogP contribution in [0.4, 0.5) is 0 Å². The molecule has 0 fully saturated rings. The van der Waals surface area contributed by atoms with Gasteiger partial charge in [-0.3, -0.25) is 4.79 Å². The predicted octanol–water partition coefficient (Wildman–Crippen LogP) is 2.05. The zero-order chi connectivity index (χ0) is 17.2. The molecule has 0 atom stereocenters. The number of oxazole rings is 1. The van der Waals surface area contributed by atoms with Gasteiger partial charge in [0.2, 0.25) is 11.8 Å². The number of carbonyl (C=O) groups excluding carboxylic acids is 1. The van der Waals surface area contributed by atoms with E-state index in [2.05, 4.69) is 25.1 Å². The number of aromatic nitrogens is 4. The van der Waals surface area contributed by atoms with Crippen LogP contribution >= 0.6 is 0 Å². The van der Waals surface area contributed by atoms with Gasteiger partial charge in [-0.2, -0.15) is 0 Å². The summed E-state index contributed by atoms with van der Waals surface area (Å²) >= 11 is 0. The Morgan fingerprint density at radius 2 is 2.12 bits per heavy atom. The van der Waals surface area contributed by atoms with Gasteiger partial charge in [-0.25, -0.2) is 4.98 Å². The molecule has 1 aliphatic heterocycles. The number of nitrogens with zero attached hydrogens (tertiary/aromatic N) is 4. The Kier molecular flexibility index (Phi) is 4.05. The van der Waals surface area contributed by atoms with Crippen LogP contribution in [0.25, 0.3) is 11.5 Å². The molecule has 1 aromatic carbocycles. The highest BCUT2D eigenvalue weighted by molar-refractivity contribution is 5.78. The first kappa shape index (κ1) is 15.6. The number of rotatable bonds is 5. The minimum atomic E-state index is -0.105. The van der Waals surface area contributed by atoms with Crippen LogP contribution < -0.4 is 5.32 Å². The summed E-state index contributed by atoms with van der Waals surface area (Å²) in [6, 6.07) is 9.66. The van der Waals surface area contributed by atoms with Gasteiger partial charge in [0, 0.05) is 18.5 Å². The van der Waals surface area contributed by atoms with E-state index in [9.17, 15) is 4.79 Å². The Balaban J connectivity index is 1.40. The number of amides is 1. The molecule has 0 aliphatic carbocycles. The first-order valence-electron chi connectivity index (χ1n) is 8.40. The van der Waals surface area contributed by atoms with Gasteiger partial charge in [0.25, 0.3) is 0 Å². The van der Waals surface area contributed by atoms with Gasteiger partial charge < -0.3 is 14.3 Å². The van der Waals surface area contributed by atoms with Crippen molar-refractivity contribution in [3.8, 4) is 11.5 Å². The lowest BCUT2D eigenvalue weighted by Gasteiger charge is -2.05. The van der Waals surface area contributed by atoms with Gasteiger partial charge in [0.1, 0.15) is 11.6 Å². The molecule has 1 aliphatic rings. The highest BCUT2D eigenvalue weighted by Gasteiger charge is 2.18. The lowest BCUT2D eigenvalue weighted by atomic mass is 10.2. The summed E-state index contributed by atoms with van der Waals surface area (Å²) in [7, 11) is 0. The number of nitrogens with one attached hydrogen (secondary N) is 1. The summed E-state index contributed by atoms with van der Waals surface area (Å²) in [6.45, 7) is 3.14. The molecule has 0 unspecified atom stereocenters. The Morgan fingerprint density at radius 1 is 1.28 bits per heavy atom. The van der Waals surface area contributed by atoms with E-state index in [1.165, 1.54) is 0 Å². The predicted molar refractivity (Wildman–Crippen MR) is 90.6 cm³/mol. The Morgan fingerprint density at radius 3 is 2.96 bits per heavy atom. The summed E-state index contributed by atoms with van der Waals surface area (Å²) in [5, 5.41) is 11.2. The summed E-state index contributed by atoms with van der Waals surface area (Å²) in [5.41, 5.74) is 1.55. The molecule has 4 rings (SSSR count). The van der Waals surface area contributed by atoms with Gasteiger partial charge in [0.15, 0.2) is 5.82 Å². The van der Waals surface area contributed by atoms with E-state index < -0.39 is 0 Å². The molecule has 0 bridgehead atoms. The second-order valence-corrected chi connectivity index (χ2v) is 6.13. The molecule has 1 N–H and O–H groups in total. The minimum absolute atomic E-state index is 0.105. The Bertz CT molecular complexity index is 898. The molecule has 0 spiro atoms. The van der Waals surface area contributed by atoms with Crippen LogP contribution in [0.2, 0.25) is 0 Å². The SMILES string of the molecule is Cc1oc(-c2ccccc2)nc1CC(=O)NCc1nnc2n1CCC2. The summed E-state index contributed by atoms with van der Waals surface area (Å²) < 4.78 is 7.77. The second-order valence-electron chi connectivity index (χ2n) is 6.13. The highest BCUT2D eigenvalue weighted by atomic mass is 16.4. The van der Waals surface area contributed by atoms with Gasteiger partial charge in [-0.05, 0) is 25.5 Å². The monoisotopic (exact) mass is 337 g/mol. The fourth-order valence-electron chi connectivity index (χ4n) is 3.03. The molecule has 25 heavy (non-hydrogen) atoms. The molecule has 0 radical (unpaired) electrons. The van der Waals surface area contributed by atoms with Crippen molar-refractivity contribution in [1.29, 1.82) is 0 Å². The standard InChI is InChI=1S/C18H19N5O2/c1-12-14(20-18(25-12)13-6-3-2-4-7-13)10-17(24)19-11-16-22-21-15-8-5-9-23(15)16/h2-4,6-7H,5,8-11H2,1H3,(H,19,24). The van der Waals surface area contributed by atoms with E-state index >= 15 is 0 Å². The van der Waals surface area contributed by atoms with Crippen molar-refractivity contribution in [2.75, 3.05) is 0 Å². The van der Waals surface area contributed by atoms with E-state index in [4.69, 9.17) is 4.42 Å². The third kappa shape index (κ3) is 3.17. The molecule has 0 saturated heterocycles. The highest BCUT2D eigenvalue weighted by Crippen LogP contribution is 2.21. The fourth-order valence-corrected chi connectivity index (χ4v) is 3.03. The molecule has 3 aromatic rings. The van der Waals surface area contributed by atoms with Gasteiger partial charge in [0.05, 0.1) is 18.7 Å². The average molecular weight is 337 g/mol. The number of aryl methyl sites for hydroxylation is 2. The van der Waals surface area contributed by atoms with Crippen molar-refractivity contribution in [2.24, 2.45) is 0 Å². The first-order chi connectivity index (χ1) is 12.2. The van der Waals surface area contributed by atoms with E-state index in [1.807, 2.05) is 37.3 Å². The summed E-state index contributed by atoms with van der Waals surface area (Å²) in [5.74, 6) is 2.91. The average Bonchev–Trinajstić information content (AvgIpc) is 3.31. The van der Waals surface area contributed by atoms with Crippen LogP contribution in [0.1, 0.15) is 29.5 Å². The normalized spacial score (nSPS) is 13.0. The lowest BCUT2D eigenvalue weighted by molar-refractivity contribution is -0.120. The van der Waals surface area contributed by atoms with E-state index in [1.54, 1.807) is 0 Å². The van der Waals surface area contributed by atoms with E-state index in [-0.39, 0.29) is 12.3 Å².